The molecule has 0 spiro atoms. The number of nitrogens with zero attached hydrogens (tertiary/aromatic N) is 1. The third-order valence-electron chi connectivity index (χ3n) is 4.29. The van der Waals surface area contributed by atoms with E-state index in [1.165, 1.54) is 31.2 Å². The monoisotopic (exact) mass is 428 g/mol. The lowest BCUT2D eigenvalue weighted by Gasteiger charge is -2.15. The second-order valence-corrected chi connectivity index (χ2v) is 6.92. The minimum atomic E-state index is -0.963. The van der Waals surface area contributed by atoms with Gasteiger partial charge in [-0.05, 0) is 44.5 Å². The summed E-state index contributed by atoms with van der Waals surface area (Å²) in [7, 11) is 0. The number of ether oxygens (including phenoxy) is 1. The van der Waals surface area contributed by atoms with Gasteiger partial charge in [-0.2, -0.15) is 0 Å². The molecule has 0 bridgehead atoms. The standard InChI is InChI=1S/C21H24N4O6/c1-13-4-9-18(14(2)12-13)22-19(26)10-11-20(27)23-24-21(28)15(3)31-17-7-5-16(6-8-17)25(29)30/h4-9,12,15H,10-11H2,1-3H3,(H,22,26)(H,23,27)(H,24,28). The van der Waals surface area contributed by atoms with E-state index in [-0.39, 0.29) is 30.2 Å². The summed E-state index contributed by atoms with van der Waals surface area (Å²) in [4.78, 5) is 46.0. The lowest BCUT2D eigenvalue weighted by molar-refractivity contribution is -0.384. The number of aryl methyl sites for hydroxylation is 2. The van der Waals surface area contributed by atoms with Crippen LogP contribution in [0.15, 0.2) is 42.5 Å². The zero-order valence-corrected chi connectivity index (χ0v) is 17.4. The summed E-state index contributed by atoms with van der Waals surface area (Å²) in [5.74, 6) is -1.20. The molecule has 10 nitrogen and oxygen atoms in total. The number of benzene rings is 2. The van der Waals surface area contributed by atoms with E-state index in [9.17, 15) is 24.5 Å². The Hall–Kier alpha value is -3.95. The highest BCUT2D eigenvalue weighted by molar-refractivity contribution is 5.94. The molecule has 0 fully saturated rings. The van der Waals surface area contributed by atoms with Crippen molar-refractivity contribution in [3.8, 4) is 5.75 Å². The van der Waals surface area contributed by atoms with Gasteiger partial charge < -0.3 is 10.1 Å². The van der Waals surface area contributed by atoms with Crippen LogP contribution in [-0.4, -0.2) is 28.7 Å². The molecule has 164 valence electrons. The van der Waals surface area contributed by atoms with E-state index in [0.29, 0.717) is 5.69 Å². The third-order valence-corrected chi connectivity index (χ3v) is 4.29. The predicted molar refractivity (Wildman–Crippen MR) is 113 cm³/mol. The van der Waals surface area contributed by atoms with Gasteiger partial charge in [0.15, 0.2) is 6.10 Å². The molecule has 0 aromatic heterocycles. The maximum atomic E-state index is 12.0. The first-order valence-electron chi connectivity index (χ1n) is 9.52. The van der Waals surface area contributed by atoms with Crippen LogP contribution in [0.1, 0.15) is 30.9 Å². The Morgan fingerprint density at radius 1 is 1.00 bits per heavy atom. The zero-order chi connectivity index (χ0) is 23.0. The van der Waals surface area contributed by atoms with Crippen LogP contribution in [0.25, 0.3) is 0 Å². The van der Waals surface area contributed by atoms with Crippen molar-refractivity contribution in [3.63, 3.8) is 0 Å². The summed E-state index contributed by atoms with van der Waals surface area (Å²) in [5.41, 5.74) is 7.03. The summed E-state index contributed by atoms with van der Waals surface area (Å²) >= 11 is 0. The van der Waals surface area contributed by atoms with Crippen LogP contribution in [0.2, 0.25) is 0 Å². The number of nitro groups is 1. The number of carbonyl (C=O) groups excluding carboxylic acids is 3. The van der Waals surface area contributed by atoms with E-state index in [4.69, 9.17) is 4.74 Å². The largest absolute Gasteiger partial charge is 0.481 e. The van der Waals surface area contributed by atoms with Crippen molar-refractivity contribution in [1.29, 1.82) is 0 Å². The summed E-state index contributed by atoms with van der Waals surface area (Å²) < 4.78 is 5.38. The fourth-order valence-electron chi connectivity index (χ4n) is 2.59. The first-order chi connectivity index (χ1) is 14.7. The van der Waals surface area contributed by atoms with Gasteiger partial charge in [0.25, 0.3) is 11.6 Å². The number of rotatable bonds is 8. The molecule has 0 saturated heterocycles. The number of anilines is 1. The molecule has 0 saturated carbocycles. The molecule has 2 rings (SSSR count). The van der Waals surface area contributed by atoms with E-state index in [2.05, 4.69) is 16.2 Å². The number of nitro benzene ring substituents is 1. The van der Waals surface area contributed by atoms with Crippen LogP contribution in [0, 0.1) is 24.0 Å². The number of nitrogens with one attached hydrogen (secondary N) is 3. The highest BCUT2D eigenvalue weighted by atomic mass is 16.6. The summed E-state index contributed by atoms with van der Waals surface area (Å²) in [6.45, 7) is 5.29. The van der Waals surface area contributed by atoms with Crippen LogP contribution >= 0.6 is 0 Å². The van der Waals surface area contributed by atoms with Gasteiger partial charge in [-0.15, -0.1) is 0 Å². The predicted octanol–water partition coefficient (Wildman–Crippen LogP) is 2.55. The molecule has 10 heteroatoms. The molecule has 2 aromatic carbocycles. The number of amides is 3. The number of hydrogen-bond donors (Lipinski definition) is 3. The van der Waals surface area contributed by atoms with Crippen molar-refractivity contribution in [3.05, 3.63) is 63.7 Å². The van der Waals surface area contributed by atoms with Gasteiger partial charge in [-0.3, -0.25) is 35.3 Å². The SMILES string of the molecule is Cc1ccc(NC(=O)CCC(=O)NNC(=O)C(C)Oc2ccc([N+](=O)[O-])cc2)c(C)c1. The summed E-state index contributed by atoms with van der Waals surface area (Å²) in [5, 5.41) is 13.4. The Kier molecular flexibility index (Phi) is 8.07. The summed E-state index contributed by atoms with van der Waals surface area (Å²) in [6, 6.07) is 10.9. The maximum Gasteiger partial charge on any atom is 0.279 e. The molecule has 1 unspecified atom stereocenters. The van der Waals surface area contributed by atoms with Crippen LogP contribution in [-0.2, 0) is 14.4 Å². The van der Waals surface area contributed by atoms with Crippen molar-refractivity contribution >= 4 is 29.1 Å². The quantitative estimate of drug-likeness (QED) is 0.436. The molecule has 0 heterocycles. The smallest absolute Gasteiger partial charge is 0.279 e. The third kappa shape index (κ3) is 7.42. The van der Waals surface area contributed by atoms with Crippen LogP contribution in [0.3, 0.4) is 0 Å². The van der Waals surface area contributed by atoms with Crippen molar-refractivity contribution in [2.45, 2.75) is 39.7 Å². The van der Waals surface area contributed by atoms with E-state index in [1.54, 1.807) is 6.07 Å². The topological polar surface area (TPSA) is 140 Å². The summed E-state index contributed by atoms with van der Waals surface area (Å²) in [6.07, 6.45) is -1.13. The fourth-order valence-corrected chi connectivity index (χ4v) is 2.59. The molecule has 3 amide bonds. The number of hydrogen-bond acceptors (Lipinski definition) is 6. The van der Waals surface area contributed by atoms with Gasteiger partial charge >= 0.3 is 0 Å². The minimum Gasteiger partial charge on any atom is -0.481 e. The molecule has 2 aromatic rings. The molecule has 31 heavy (non-hydrogen) atoms. The van der Waals surface area contributed by atoms with E-state index in [0.717, 1.165) is 11.1 Å². The van der Waals surface area contributed by atoms with Crippen molar-refractivity contribution in [2.24, 2.45) is 0 Å². The Balaban J connectivity index is 1.72. The second-order valence-electron chi connectivity index (χ2n) is 6.92. The van der Waals surface area contributed by atoms with Gasteiger partial charge in [-0.25, -0.2) is 0 Å². The molecule has 0 aliphatic carbocycles. The van der Waals surface area contributed by atoms with E-state index >= 15 is 0 Å². The second kappa shape index (κ2) is 10.7. The average Bonchev–Trinajstić information content (AvgIpc) is 2.72. The minimum absolute atomic E-state index is 0.0517. The highest BCUT2D eigenvalue weighted by Gasteiger charge is 2.16. The van der Waals surface area contributed by atoms with E-state index < -0.39 is 22.8 Å². The van der Waals surface area contributed by atoms with Gasteiger partial charge in [0.1, 0.15) is 5.75 Å². The van der Waals surface area contributed by atoms with E-state index in [1.807, 2.05) is 26.0 Å². The maximum absolute atomic E-state index is 12.0. The number of non-ortho nitro benzene ring substituents is 1. The molecule has 1 atom stereocenters. The lowest BCUT2D eigenvalue weighted by Crippen LogP contribution is -2.47. The Bertz CT molecular complexity index is 974. The lowest BCUT2D eigenvalue weighted by atomic mass is 10.1. The van der Waals surface area contributed by atoms with Crippen LogP contribution < -0.4 is 20.9 Å². The van der Waals surface area contributed by atoms with Gasteiger partial charge in [-0.1, -0.05) is 17.7 Å². The normalized spacial score (nSPS) is 11.2. The van der Waals surface area contributed by atoms with Crippen molar-refractivity contribution in [2.75, 3.05) is 5.32 Å². The average molecular weight is 428 g/mol. The first-order valence-corrected chi connectivity index (χ1v) is 9.52. The molecular formula is C21H24N4O6. The Morgan fingerprint density at radius 2 is 1.65 bits per heavy atom. The van der Waals surface area contributed by atoms with Crippen molar-refractivity contribution < 1.29 is 24.0 Å². The van der Waals surface area contributed by atoms with Gasteiger partial charge in [0.2, 0.25) is 11.8 Å². The van der Waals surface area contributed by atoms with Gasteiger partial charge in [0, 0.05) is 30.7 Å². The first kappa shape index (κ1) is 23.3. The highest BCUT2D eigenvalue weighted by Crippen LogP contribution is 2.18. The van der Waals surface area contributed by atoms with Crippen molar-refractivity contribution in [1.82, 2.24) is 10.9 Å². The Morgan fingerprint density at radius 3 is 2.26 bits per heavy atom. The molecule has 0 aliphatic rings. The van der Waals surface area contributed by atoms with Crippen LogP contribution in [0.4, 0.5) is 11.4 Å². The van der Waals surface area contributed by atoms with Crippen LogP contribution in [0.5, 0.6) is 5.75 Å². The molecule has 0 radical (unpaired) electrons. The number of carbonyl (C=O) groups is 3. The fraction of sp³-hybridized carbons (Fsp3) is 0.286. The molecule has 3 N–H and O–H groups in total. The van der Waals surface area contributed by atoms with Gasteiger partial charge in [0.05, 0.1) is 4.92 Å². The number of hydrazine groups is 1. The molecular weight excluding hydrogens is 404 g/mol. The zero-order valence-electron chi connectivity index (χ0n) is 17.4. The Labute approximate surface area is 179 Å². The molecule has 0 aliphatic heterocycles.